The molecule has 5 nitrogen and oxygen atoms in total. The maximum atomic E-state index is 12.1. The summed E-state index contributed by atoms with van der Waals surface area (Å²) in [5.74, 6) is 0.0574. The van der Waals surface area contributed by atoms with E-state index in [9.17, 15) is 4.79 Å². The maximum Gasteiger partial charge on any atom is 0.234 e. The molecule has 0 aliphatic rings. The summed E-state index contributed by atoms with van der Waals surface area (Å²) in [6.07, 6.45) is 0. The van der Waals surface area contributed by atoms with Crippen LogP contribution in [0.3, 0.4) is 0 Å². The summed E-state index contributed by atoms with van der Waals surface area (Å²) in [4.78, 5) is 12.1. The minimum atomic E-state index is -0.154. The molecule has 0 radical (unpaired) electrons. The number of hydrogen-bond acceptors (Lipinski definition) is 6. The number of nitrogens with one attached hydrogen (secondary N) is 1. The molecule has 0 atom stereocenters. The summed E-state index contributed by atoms with van der Waals surface area (Å²) in [5, 5.41) is 16.6. The molecule has 0 saturated heterocycles. The average molecular weight is 419 g/mol. The van der Waals surface area contributed by atoms with Crippen LogP contribution >= 0.6 is 46.9 Å². The minimum absolute atomic E-state index is 0.154. The fourth-order valence-corrected chi connectivity index (χ4v) is 4.30. The summed E-state index contributed by atoms with van der Waals surface area (Å²) in [7, 11) is 0. The van der Waals surface area contributed by atoms with Crippen molar-refractivity contribution >= 4 is 58.5 Å². The van der Waals surface area contributed by atoms with Crippen LogP contribution < -0.4 is 5.32 Å². The van der Waals surface area contributed by atoms with E-state index in [0.29, 0.717) is 24.6 Å². The van der Waals surface area contributed by atoms with Gasteiger partial charge < -0.3 is 5.32 Å². The van der Waals surface area contributed by atoms with E-state index in [1.807, 2.05) is 18.2 Å². The van der Waals surface area contributed by atoms with E-state index in [1.54, 1.807) is 41.1 Å². The molecule has 0 saturated carbocycles. The van der Waals surface area contributed by atoms with Crippen molar-refractivity contribution in [3.8, 4) is 11.8 Å². The van der Waals surface area contributed by atoms with Gasteiger partial charge in [-0.05, 0) is 60.7 Å². The van der Waals surface area contributed by atoms with Gasteiger partial charge >= 0.3 is 0 Å². The van der Waals surface area contributed by atoms with E-state index >= 15 is 0 Å². The zero-order valence-electron chi connectivity index (χ0n) is 13.2. The summed E-state index contributed by atoms with van der Waals surface area (Å²) in [6.45, 7) is 0. The molecule has 1 N–H and O–H groups in total. The van der Waals surface area contributed by atoms with Gasteiger partial charge in [0.1, 0.15) is 0 Å². The van der Waals surface area contributed by atoms with E-state index in [-0.39, 0.29) is 11.7 Å². The molecular weight excluding hydrogens is 408 g/mol. The number of thioether (sulfide) groups is 1. The molecule has 1 amide bonds. The second-order valence-electron chi connectivity index (χ2n) is 5.05. The van der Waals surface area contributed by atoms with Crippen LogP contribution in [0.4, 0.5) is 5.69 Å². The van der Waals surface area contributed by atoms with Crippen LogP contribution in [0.1, 0.15) is 5.56 Å². The Morgan fingerprint density at radius 3 is 2.62 bits per heavy atom. The van der Waals surface area contributed by atoms with E-state index in [0.717, 1.165) is 5.69 Å². The maximum absolute atomic E-state index is 12.1. The molecule has 0 unspecified atom stereocenters. The first-order valence-electron chi connectivity index (χ1n) is 7.34. The number of nitrogens with zero attached hydrogens (tertiary/aromatic N) is 3. The number of anilines is 1. The van der Waals surface area contributed by atoms with Gasteiger partial charge in [0.05, 0.1) is 23.1 Å². The van der Waals surface area contributed by atoms with Gasteiger partial charge in [0, 0.05) is 10.7 Å². The second-order valence-corrected chi connectivity index (χ2v) is 8.33. The molecule has 0 bridgehead atoms. The Kier molecular flexibility index (Phi) is 6.06. The Bertz CT molecular complexity index is 1020. The predicted molar refractivity (Wildman–Crippen MR) is 108 cm³/mol. The molecule has 1 heterocycles. The number of hydrogen-bond donors (Lipinski definition) is 1. The lowest BCUT2D eigenvalue weighted by molar-refractivity contribution is -0.113. The number of carbonyl (C=O) groups is 1. The van der Waals surface area contributed by atoms with Crippen molar-refractivity contribution in [2.24, 2.45) is 0 Å². The zero-order valence-corrected chi connectivity index (χ0v) is 16.4. The van der Waals surface area contributed by atoms with Crippen LogP contribution in [-0.4, -0.2) is 21.4 Å². The van der Waals surface area contributed by atoms with Crippen LogP contribution in [-0.2, 0) is 4.79 Å². The number of nitriles is 1. The molecule has 26 heavy (non-hydrogen) atoms. The first-order chi connectivity index (χ1) is 12.5. The highest BCUT2D eigenvalue weighted by atomic mass is 35.5. The van der Waals surface area contributed by atoms with Gasteiger partial charge in [-0.1, -0.05) is 34.7 Å². The van der Waals surface area contributed by atoms with Crippen LogP contribution in [0, 0.1) is 15.3 Å². The Hall–Kier alpha value is -2.18. The first kappa shape index (κ1) is 18.6. The van der Waals surface area contributed by atoms with Gasteiger partial charge in [0.2, 0.25) is 5.91 Å². The van der Waals surface area contributed by atoms with E-state index in [4.69, 9.17) is 29.1 Å². The summed E-state index contributed by atoms with van der Waals surface area (Å²) in [5.41, 5.74) is 2.02. The van der Waals surface area contributed by atoms with Gasteiger partial charge in [-0.15, -0.1) is 5.10 Å². The highest BCUT2D eigenvalue weighted by Gasteiger charge is 2.10. The molecule has 2 aromatic carbocycles. The van der Waals surface area contributed by atoms with Gasteiger partial charge in [-0.25, -0.2) is 4.68 Å². The molecule has 0 aliphatic carbocycles. The number of amides is 1. The van der Waals surface area contributed by atoms with Crippen molar-refractivity contribution in [1.82, 2.24) is 9.78 Å². The average Bonchev–Trinajstić information content (AvgIpc) is 3.02. The highest BCUT2D eigenvalue weighted by molar-refractivity contribution is 8.01. The fraction of sp³-hybridized carbons (Fsp3) is 0.0588. The molecule has 0 fully saturated rings. The summed E-state index contributed by atoms with van der Waals surface area (Å²) in [6, 6.07) is 16.0. The molecule has 0 aliphatic heterocycles. The molecule has 9 heteroatoms. The molecule has 130 valence electrons. The number of halogens is 1. The lowest BCUT2D eigenvalue weighted by atomic mass is 10.2. The number of rotatable bonds is 5. The molecule has 3 aromatic rings. The molecular formula is C17H11ClN4OS3. The normalized spacial score (nSPS) is 10.3. The Labute approximate surface area is 168 Å². The quantitative estimate of drug-likeness (QED) is 0.470. The van der Waals surface area contributed by atoms with Gasteiger partial charge in [0.25, 0.3) is 0 Å². The lowest BCUT2D eigenvalue weighted by Gasteiger charge is -2.04. The number of aromatic nitrogens is 2. The Morgan fingerprint density at radius 2 is 1.96 bits per heavy atom. The predicted octanol–water partition coefficient (Wildman–Crippen LogP) is 4.92. The van der Waals surface area contributed by atoms with E-state index in [1.165, 1.54) is 23.1 Å². The van der Waals surface area contributed by atoms with Crippen molar-refractivity contribution in [2.45, 2.75) is 4.34 Å². The van der Waals surface area contributed by atoms with Crippen LogP contribution in [0.15, 0.2) is 52.9 Å². The third-order valence-corrected chi connectivity index (χ3v) is 5.84. The smallest absolute Gasteiger partial charge is 0.234 e. The minimum Gasteiger partial charge on any atom is -0.325 e. The van der Waals surface area contributed by atoms with Crippen LogP contribution in [0.5, 0.6) is 0 Å². The number of benzene rings is 2. The van der Waals surface area contributed by atoms with E-state index in [2.05, 4.69) is 10.4 Å². The highest BCUT2D eigenvalue weighted by Crippen LogP contribution is 2.24. The van der Waals surface area contributed by atoms with Gasteiger partial charge in [-0.2, -0.15) is 5.26 Å². The van der Waals surface area contributed by atoms with Crippen molar-refractivity contribution in [3.05, 3.63) is 63.1 Å². The number of carbonyl (C=O) groups excluding carboxylic acids is 1. The Balaban J connectivity index is 1.62. The van der Waals surface area contributed by atoms with E-state index < -0.39 is 0 Å². The summed E-state index contributed by atoms with van der Waals surface area (Å²) >= 11 is 13.9. The van der Waals surface area contributed by atoms with Crippen molar-refractivity contribution in [1.29, 1.82) is 5.26 Å². The monoisotopic (exact) mass is 418 g/mol. The SMILES string of the molecule is N#Cc1ccc(NC(=O)CSc2nn(-c3ccc(Cl)cc3)c(=S)s2)cc1. The molecule has 3 rings (SSSR count). The third kappa shape index (κ3) is 4.71. The topological polar surface area (TPSA) is 70.7 Å². The fourth-order valence-electron chi connectivity index (χ4n) is 2.02. The second kappa shape index (κ2) is 8.47. The molecule has 0 spiro atoms. The third-order valence-electron chi connectivity index (χ3n) is 3.22. The van der Waals surface area contributed by atoms with Crippen LogP contribution in [0.2, 0.25) is 5.02 Å². The lowest BCUT2D eigenvalue weighted by Crippen LogP contribution is -2.13. The first-order valence-corrected chi connectivity index (χ1v) is 9.93. The zero-order chi connectivity index (χ0) is 18.5. The molecule has 1 aromatic heterocycles. The van der Waals surface area contributed by atoms with Crippen molar-refractivity contribution in [3.63, 3.8) is 0 Å². The van der Waals surface area contributed by atoms with Crippen molar-refractivity contribution < 1.29 is 4.79 Å². The standard InChI is InChI=1S/C17H11ClN4OS3/c18-12-3-7-14(8-4-12)22-17(24)26-16(21-22)25-10-15(23)20-13-5-1-11(9-19)2-6-13/h1-8H,10H2,(H,20,23). The Morgan fingerprint density at radius 1 is 1.27 bits per heavy atom. The van der Waals surface area contributed by atoms with Gasteiger partial charge in [-0.3, -0.25) is 4.79 Å². The van der Waals surface area contributed by atoms with Crippen LogP contribution in [0.25, 0.3) is 5.69 Å². The largest absolute Gasteiger partial charge is 0.325 e. The van der Waals surface area contributed by atoms with Gasteiger partial charge in [0.15, 0.2) is 8.29 Å². The van der Waals surface area contributed by atoms with Crippen molar-refractivity contribution in [2.75, 3.05) is 11.1 Å². The summed E-state index contributed by atoms with van der Waals surface area (Å²) < 4.78 is 2.96.